The van der Waals surface area contributed by atoms with Crippen molar-refractivity contribution in [2.24, 2.45) is 0 Å². The van der Waals surface area contributed by atoms with E-state index in [0.29, 0.717) is 40.7 Å². The van der Waals surface area contributed by atoms with Crippen LogP contribution in [0.3, 0.4) is 0 Å². The van der Waals surface area contributed by atoms with Crippen LogP contribution in [0.15, 0.2) is 36.4 Å². The summed E-state index contributed by atoms with van der Waals surface area (Å²) in [6, 6.07) is 11.0. The number of halogens is 3. The van der Waals surface area contributed by atoms with E-state index in [-0.39, 0.29) is 35.8 Å². The van der Waals surface area contributed by atoms with Crippen LogP contribution in [0, 0.1) is 24.0 Å². The quantitative estimate of drug-likeness (QED) is 0.254. The number of alkyl halides is 1. The number of ether oxygens (including phenoxy) is 1. The Morgan fingerprint density at radius 2 is 2.00 bits per heavy atom. The molecule has 5 heterocycles. The highest BCUT2D eigenvalue weighted by Crippen LogP contribution is 2.43. The number of terminal acetylenes is 1. The van der Waals surface area contributed by atoms with Crippen molar-refractivity contribution in [2.75, 3.05) is 37.7 Å². The van der Waals surface area contributed by atoms with Crippen LogP contribution < -0.4 is 15.0 Å². The zero-order chi connectivity index (χ0) is 31.6. The summed E-state index contributed by atoms with van der Waals surface area (Å²) in [7, 11) is 0. The summed E-state index contributed by atoms with van der Waals surface area (Å²) in [6.07, 6.45) is 10.7. The average molecular weight is 626 g/mol. The molecule has 9 heteroatoms. The molecule has 0 radical (unpaired) electrons. The summed E-state index contributed by atoms with van der Waals surface area (Å²) in [5.41, 5.74) is 1.71. The first-order valence-corrected chi connectivity index (χ1v) is 16.6. The van der Waals surface area contributed by atoms with E-state index in [9.17, 15) is 8.78 Å². The Morgan fingerprint density at radius 1 is 1.11 bits per heavy atom. The molecule has 0 aliphatic carbocycles. The molecule has 0 unspecified atom stereocenters. The maximum absolute atomic E-state index is 17.1. The third-order valence-electron chi connectivity index (χ3n) is 10.9. The van der Waals surface area contributed by atoms with Gasteiger partial charge < -0.3 is 15.0 Å². The van der Waals surface area contributed by atoms with Gasteiger partial charge in [0.15, 0.2) is 5.82 Å². The highest BCUT2D eigenvalue weighted by molar-refractivity contribution is 6.04. The molecule has 4 aliphatic heterocycles. The molecule has 1 N–H and O–H groups in total. The fraction of sp³-hybridized carbons (Fsp3) is 0.459. The second-order valence-electron chi connectivity index (χ2n) is 13.5. The fourth-order valence-electron chi connectivity index (χ4n) is 8.54. The average Bonchev–Trinajstić information content (AvgIpc) is 3.59. The molecule has 4 aliphatic rings. The van der Waals surface area contributed by atoms with E-state index in [1.165, 1.54) is 6.07 Å². The van der Waals surface area contributed by atoms with Crippen molar-refractivity contribution in [3.8, 4) is 29.5 Å². The highest BCUT2D eigenvalue weighted by Gasteiger charge is 2.49. The van der Waals surface area contributed by atoms with Crippen molar-refractivity contribution < 1.29 is 17.9 Å². The Kier molecular flexibility index (Phi) is 7.34. The smallest absolute Gasteiger partial charge is 0.319 e. The molecule has 0 spiro atoms. The van der Waals surface area contributed by atoms with Crippen LogP contribution in [0.2, 0.25) is 0 Å². The number of piperazine rings is 1. The Hall–Kier alpha value is -3.87. The first-order valence-electron chi connectivity index (χ1n) is 16.6. The molecule has 238 valence electrons. The number of rotatable bonds is 5. The van der Waals surface area contributed by atoms with Gasteiger partial charge in [-0.3, -0.25) is 4.90 Å². The molecule has 3 saturated heterocycles. The maximum atomic E-state index is 17.1. The summed E-state index contributed by atoms with van der Waals surface area (Å²) in [4.78, 5) is 14.3. The number of nitrogens with one attached hydrogen (secondary N) is 1. The van der Waals surface area contributed by atoms with E-state index >= 15 is 4.39 Å². The highest BCUT2D eigenvalue weighted by atomic mass is 19.1. The van der Waals surface area contributed by atoms with Crippen molar-refractivity contribution in [1.29, 1.82) is 0 Å². The molecule has 1 aromatic heterocycles. The normalized spacial score (nSPS) is 26.1. The largest absolute Gasteiger partial charge is 0.461 e. The van der Waals surface area contributed by atoms with Crippen LogP contribution in [0.5, 0.6) is 6.01 Å². The minimum atomic E-state index is -0.886. The number of aromatic nitrogens is 2. The van der Waals surface area contributed by atoms with Crippen LogP contribution in [-0.2, 0) is 6.42 Å². The van der Waals surface area contributed by atoms with Gasteiger partial charge >= 0.3 is 6.01 Å². The lowest BCUT2D eigenvalue weighted by atomic mass is 9.89. The maximum Gasteiger partial charge on any atom is 0.319 e. The zero-order valence-corrected chi connectivity index (χ0v) is 26.1. The van der Waals surface area contributed by atoms with E-state index in [0.717, 1.165) is 69.1 Å². The standard InChI is InChI=1S/C37H38F3N5O/c1-3-25-20-45-26(18-41-25)10-5-9-23-16-29(28-11-6-8-22-12-13-30(39)27(4-2)31(22)28)33(40)34-32(23)35(45)43-36(42-34)46-21-37-14-7-15-44(37)19-24(38)17-37/h2,6,8,11-13,16,24-26,41H,3,5,7,9-10,14-15,17-21H2,1H3/t24-,25-,26-,37+/m1/s1. The number of nitrogens with zero attached hydrogens (tertiary/aromatic N) is 4. The van der Waals surface area contributed by atoms with Gasteiger partial charge in [-0.15, -0.1) is 6.42 Å². The summed E-state index contributed by atoms with van der Waals surface area (Å²) >= 11 is 0. The lowest BCUT2D eigenvalue weighted by Gasteiger charge is -2.42. The predicted molar refractivity (Wildman–Crippen MR) is 175 cm³/mol. The topological polar surface area (TPSA) is 53.5 Å². The van der Waals surface area contributed by atoms with Gasteiger partial charge in [0.1, 0.15) is 29.9 Å². The predicted octanol–water partition coefficient (Wildman–Crippen LogP) is 6.56. The first kappa shape index (κ1) is 29.5. The summed E-state index contributed by atoms with van der Waals surface area (Å²) < 4.78 is 53.0. The number of hydrogen-bond donors (Lipinski definition) is 1. The van der Waals surface area contributed by atoms with Gasteiger partial charge in [-0.05, 0) is 73.7 Å². The van der Waals surface area contributed by atoms with Gasteiger partial charge in [0.2, 0.25) is 0 Å². The Morgan fingerprint density at radius 3 is 2.85 bits per heavy atom. The minimum Gasteiger partial charge on any atom is -0.461 e. The van der Waals surface area contributed by atoms with Gasteiger partial charge in [0.25, 0.3) is 0 Å². The fourth-order valence-corrected chi connectivity index (χ4v) is 8.54. The van der Waals surface area contributed by atoms with Crippen LogP contribution in [0.1, 0.15) is 56.6 Å². The molecule has 0 bridgehead atoms. The van der Waals surface area contributed by atoms with E-state index in [4.69, 9.17) is 21.1 Å². The second kappa shape index (κ2) is 11.4. The summed E-state index contributed by atoms with van der Waals surface area (Å²) in [5.74, 6) is 2.15. The molecule has 3 fully saturated rings. The molecular formula is C37H38F3N5O. The first-order chi connectivity index (χ1) is 22.4. The number of aryl methyl sites for hydroxylation is 1. The van der Waals surface area contributed by atoms with Crippen LogP contribution >= 0.6 is 0 Å². The van der Waals surface area contributed by atoms with E-state index in [2.05, 4.69) is 28.0 Å². The third-order valence-corrected chi connectivity index (χ3v) is 10.9. The molecule has 3 aromatic carbocycles. The van der Waals surface area contributed by atoms with Crippen molar-refractivity contribution in [1.82, 2.24) is 20.2 Å². The summed E-state index contributed by atoms with van der Waals surface area (Å²) in [6.45, 7) is 5.24. The van der Waals surface area contributed by atoms with Gasteiger partial charge in [-0.1, -0.05) is 37.1 Å². The van der Waals surface area contributed by atoms with Gasteiger partial charge in [0, 0.05) is 54.5 Å². The molecule has 0 saturated carbocycles. The molecule has 6 nitrogen and oxygen atoms in total. The van der Waals surface area contributed by atoms with Gasteiger partial charge in [-0.2, -0.15) is 9.97 Å². The van der Waals surface area contributed by atoms with E-state index < -0.39 is 23.3 Å². The summed E-state index contributed by atoms with van der Waals surface area (Å²) in [5, 5.41) is 5.61. The molecule has 4 aromatic rings. The van der Waals surface area contributed by atoms with Crippen LogP contribution in [0.4, 0.5) is 19.0 Å². The molecule has 4 atom stereocenters. The zero-order valence-electron chi connectivity index (χ0n) is 26.1. The molecular weight excluding hydrogens is 587 g/mol. The van der Waals surface area contributed by atoms with Crippen LogP contribution in [-0.4, -0.2) is 71.4 Å². The Bertz CT molecular complexity index is 1890. The van der Waals surface area contributed by atoms with Crippen molar-refractivity contribution in [3.05, 3.63) is 59.2 Å². The Balaban J connectivity index is 1.33. The SMILES string of the molecule is C#Cc1c(F)ccc2cccc(-c3cc4c5c(nc(OC[C@@]67CCCN6C[C@H](F)C7)nc5c3F)N3C[C@@H](CC)NC[C@H]3CCC4)c12. The number of anilines is 1. The van der Waals surface area contributed by atoms with Crippen molar-refractivity contribution >= 4 is 27.5 Å². The Labute approximate surface area is 267 Å². The van der Waals surface area contributed by atoms with Crippen molar-refractivity contribution in [2.45, 2.75) is 75.7 Å². The van der Waals surface area contributed by atoms with Gasteiger partial charge in [-0.25, -0.2) is 13.2 Å². The van der Waals surface area contributed by atoms with Crippen molar-refractivity contribution in [3.63, 3.8) is 0 Å². The monoisotopic (exact) mass is 625 g/mol. The van der Waals surface area contributed by atoms with Crippen LogP contribution in [0.25, 0.3) is 32.8 Å². The van der Waals surface area contributed by atoms with E-state index in [1.54, 1.807) is 12.1 Å². The van der Waals surface area contributed by atoms with E-state index in [1.807, 2.05) is 18.2 Å². The number of benzene rings is 3. The van der Waals surface area contributed by atoms with Gasteiger partial charge in [0.05, 0.1) is 11.1 Å². The molecule has 8 rings (SSSR count). The minimum absolute atomic E-state index is 0.104. The lowest BCUT2D eigenvalue weighted by molar-refractivity contribution is 0.107. The molecule has 46 heavy (non-hydrogen) atoms. The second-order valence-corrected chi connectivity index (χ2v) is 13.5. The lowest BCUT2D eigenvalue weighted by Crippen LogP contribution is -2.57. The number of fused-ring (bicyclic) bond motifs is 4. The third kappa shape index (κ3) is 4.72. The number of hydrogen-bond acceptors (Lipinski definition) is 6. The molecule has 0 amide bonds.